The third-order valence-electron chi connectivity index (χ3n) is 3.91. The molecule has 0 radical (unpaired) electrons. The Hall–Kier alpha value is -0.870. The van der Waals surface area contributed by atoms with E-state index in [2.05, 4.69) is 15.9 Å². The van der Waals surface area contributed by atoms with E-state index in [0.717, 1.165) is 41.5 Å². The second-order valence-electron chi connectivity index (χ2n) is 5.47. The van der Waals surface area contributed by atoms with E-state index in [1.807, 2.05) is 36.9 Å². The fourth-order valence-corrected chi connectivity index (χ4v) is 3.14. The predicted octanol–water partition coefficient (Wildman–Crippen LogP) is 2.96. The Morgan fingerprint density at radius 1 is 1.53 bits per heavy atom. The van der Waals surface area contributed by atoms with Gasteiger partial charge in [-0.25, -0.2) is 0 Å². The highest BCUT2D eigenvalue weighted by Gasteiger charge is 2.26. The van der Waals surface area contributed by atoms with E-state index >= 15 is 0 Å². The van der Waals surface area contributed by atoms with Crippen molar-refractivity contribution < 1.29 is 4.79 Å². The third kappa shape index (κ3) is 3.37. The summed E-state index contributed by atoms with van der Waals surface area (Å²) in [5.41, 5.74) is 7.79. The number of aryl methyl sites for hydroxylation is 1. The smallest absolute Gasteiger partial charge is 0.254 e. The number of benzene rings is 1. The number of nitrogens with zero attached hydrogens (tertiary/aromatic N) is 1. The summed E-state index contributed by atoms with van der Waals surface area (Å²) in [6.07, 6.45) is 2.17. The zero-order chi connectivity index (χ0) is 14.0. The zero-order valence-electron chi connectivity index (χ0n) is 11.5. The third-order valence-corrected chi connectivity index (χ3v) is 4.40. The molecule has 1 aliphatic heterocycles. The second kappa shape index (κ2) is 6.06. The molecule has 0 saturated carbocycles. The lowest BCUT2D eigenvalue weighted by molar-refractivity contribution is 0.0660. The summed E-state index contributed by atoms with van der Waals surface area (Å²) in [4.78, 5) is 14.5. The second-order valence-corrected chi connectivity index (χ2v) is 6.39. The van der Waals surface area contributed by atoms with Crippen LogP contribution >= 0.6 is 15.9 Å². The van der Waals surface area contributed by atoms with E-state index in [1.165, 1.54) is 0 Å². The highest BCUT2D eigenvalue weighted by Crippen LogP contribution is 2.23. The van der Waals surface area contributed by atoms with E-state index in [0.29, 0.717) is 5.92 Å². The van der Waals surface area contributed by atoms with Gasteiger partial charge < -0.3 is 10.6 Å². The quantitative estimate of drug-likeness (QED) is 0.909. The summed E-state index contributed by atoms with van der Waals surface area (Å²) >= 11 is 3.43. The Morgan fingerprint density at radius 2 is 2.26 bits per heavy atom. The van der Waals surface area contributed by atoms with Crippen LogP contribution in [0.3, 0.4) is 0 Å². The van der Waals surface area contributed by atoms with Crippen LogP contribution in [0.15, 0.2) is 22.7 Å². The van der Waals surface area contributed by atoms with Crippen molar-refractivity contribution in [2.45, 2.75) is 32.7 Å². The minimum absolute atomic E-state index is 0.135. The Labute approximate surface area is 123 Å². The lowest BCUT2D eigenvalue weighted by atomic mass is 9.91. The molecule has 1 heterocycles. The van der Waals surface area contributed by atoms with Crippen molar-refractivity contribution in [3.63, 3.8) is 0 Å². The maximum atomic E-state index is 12.6. The summed E-state index contributed by atoms with van der Waals surface area (Å²) in [6.45, 7) is 5.64. The molecule has 0 aromatic heterocycles. The van der Waals surface area contributed by atoms with Crippen LogP contribution in [0.25, 0.3) is 0 Å². The van der Waals surface area contributed by atoms with E-state index in [4.69, 9.17) is 5.73 Å². The first-order valence-corrected chi connectivity index (χ1v) is 7.59. The van der Waals surface area contributed by atoms with Gasteiger partial charge in [-0.3, -0.25) is 4.79 Å². The van der Waals surface area contributed by atoms with Crippen molar-refractivity contribution in [3.8, 4) is 0 Å². The molecule has 2 rings (SSSR count). The van der Waals surface area contributed by atoms with Gasteiger partial charge in [0.25, 0.3) is 5.91 Å². The molecule has 4 heteroatoms. The molecule has 0 bridgehead atoms. The molecule has 1 fully saturated rings. The molecule has 104 valence electrons. The molecule has 0 spiro atoms. The number of likely N-dealkylation sites (tertiary alicyclic amines) is 1. The van der Waals surface area contributed by atoms with E-state index in [1.54, 1.807) is 0 Å². The molecule has 0 aliphatic carbocycles. The fourth-order valence-electron chi connectivity index (χ4n) is 2.66. The SMILES string of the molecule is Cc1cc(Br)ccc1C(=O)N1CCC[C@H]([C@@H](C)N)C1. The molecule has 3 nitrogen and oxygen atoms in total. The number of halogens is 1. The van der Waals surface area contributed by atoms with Gasteiger partial charge in [-0.15, -0.1) is 0 Å². The maximum Gasteiger partial charge on any atom is 0.254 e. The molecule has 1 saturated heterocycles. The van der Waals surface area contributed by atoms with Crippen LogP contribution in [0.1, 0.15) is 35.7 Å². The number of carbonyl (C=O) groups is 1. The van der Waals surface area contributed by atoms with Crippen molar-refractivity contribution in [3.05, 3.63) is 33.8 Å². The topological polar surface area (TPSA) is 46.3 Å². The molecule has 1 aromatic rings. The van der Waals surface area contributed by atoms with Gasteiger partial charge in [0.1, 0.15) is 0 Å². The van der Waals surface area contributed by atoms with Gasteiger partial charge in [0.15, 0.2) is 0 Å². The summed E-state index contributed by atoms with van der Waals surface area (Å²) in [5.74, 6) is 0.559. The summed E-state index contributed by atoms with van der Waals surface area (Å²) < 4.78 is 1.01. The number of rotatable bonds is 2. The minimum atomic E-state index is 0.135. The number of amides is 1. The van der Waals surface area contributed by atoms with Gasteiger partial charge in [0.2, 0.25) is 0 Å². The Kier molecular flexibility index (Phi) is 4.63. The molecule has 0 unspecified atom stereocenters. The van der Waals surface area contributed by atoms with Gasteiger partial charge in [-0.1, -0.05) is 15.9 Å². The Morgan fingerprint density at radius 3 is 2.89 bits per heavy atom. The van der Waals surface area contributed by atoms with Crippen molar-refractivity contribution >= 4 is 21.8 Å². The Balaban J connectivity index is 2.15. The van der Waals surface area contributed by atoms with Crippen molar-refractivity contribution in [2.75, 3.05) is 13.1 Å². The maximum absolute atomic E-state index is 12.6. The summed E-state index contributed by atoms with van der Waals surface area (Å²) in [6, 6.07) is 5.96. The van der Waals surface area contributed by atoms with Gasteiger partial charge in [-0.05, 0) is 56.4 Å². The highest BCUT2D eigenvalue weighted by atomic mass is 79.9. The van der Waals surface area contributed by atoms with Crippen LogP contribution in [-0.2, 0) is 0 Å². The van der Waals surface area contributed by atoms with Gasteiger partial charge in [-0.2, -0.15) is 0 Å². The Bertz CT molecular complexity index is 473. The predicted molar refractivity (Wildman–Crippen MR) is 81.2 cm³/mol. The number of hydrogen-bond acceptors (Lipinski definition) is 2. The summed E-state index contributed by atoms with van der Waals surface area (Å²) in [7, 11) is 0. The van der Waals surface area contributed by atoms with Gasteiger partial charge in [0, 0.05) is 29.2 Å². The molecule has 1 aliphatic rings. The monoisotopic (exact) mass is 324 g/mol. The molecular weight excluding hydrogens is 304 g/mol. The highest BCUT2D eigenvalue weighted by molar-refractivity contribution is 9.10. The van der Waals surface area contributed by atoms with Crippen molar-refractivity contribution in [2.24, 2.45) is 11.7 Å². The average Bonchev–Trinajstić information content (AvgIpc) is 2.38. The van der Waals surface area contributed by atoms with E-state index in [-0.39, 0.29) is 11.9 Å². The fraction of sp³-hybridized carbons (Fsp3) is 0.533. The van der Waals surface area contributed by atoms with Gasteiger partial charge >= 0.3 is 0 Å². The van der Waals surface area contributed by atoms with Crippen LogP contribution < -0.4 is 5.73 Å². The lowest BCUT2D eigenvalue weighted by Crippen LogP contribution is -2.45. The average molecular weight is 325 g/mol. The largest absolute Gasteiger partial charge is 0.338 e. The molecule has 1 aromatic carbocycles. The van der Waals surface area contributed by atoms with Crippen LogP contribution in [0.2, 0.25) is 0 Å². The normalized spacial score (nSPS) is 21.3. The van der Waals surface area contributed by atoms with E-state index < -0.39 is 0 Å². The lowest BCUT2D eigenvalue weighted by Gasteiger charge is -2.35. The number of piperidine rings is 1. The first-order valence-electron chi connectivity index (χ1n) is 6.80. The van der Waals surface area contributed by atoms with Crippen LogP contribution in [0, 0.1) is 12.8 Å². The number of nitrogens with two attached hydrogens (primary N) is 1. The van der Waals surface area contributed by atoms with Crippen molar-refractivity contribution in [1.29, 1.82) is 0 Å². The molecule has 1 amide bonds. The van der Waals surface area contributed by atoms with Crippen LogP contribution in [0.5, 0.6) is 0 Å². The van der Waals surface area contributed by atoms with Crippen LogP contribution in [-0.4, -0.2) is 29.9 Å². The summed E-state index contributed by atoms with van der Waals surface area (Å²) in [5, 5.41) is 0. The number of hydrogen-bond donors (Lipinski definition) is 1. The first-order chi connectivity index (χ1) is 8.99. The minimum Gasteiger partial charge on any atom is -0.338 e. The molecule has 19 heavy (non-hydrogen) atoms. The molecular formula is C15H21BrN2O. The first kappa shape index (κ1) is 14.5. The van der Waals surface area contributed by atoms with Crippen LogP contribution in [0.4, 0.5) is 0 Å². The number of carbonyl (C=O) groups excluding carboxylic acids is 1. The standard InChI is InChI=1S/C15H21BrN2O/c1-10-8-13(16)5-6-14(10)15(19)18-7-3-4-12(9-18)11(2)17/h5-6,8,11-12H,3-4,7,9,17H2,1-2H3/t11-,12+/m1/s1. The molecule has 2 atom stereocenters. The zero-order valence-corrected chi connectivity index (χ0v) is 13.1. The molecule has 2 N–H and O–H groups in total. The van der Waals surface area contributed by atoms with Gasteiger partial charge in [0.05, 0.1) is 0 Å². The van der Waals surface area contributed by atoms with Crippen molar-refractivity contribution in [1.82, 2.24) is 4.90 Å². The van der Waals surface area contributed by atoms with E-state index in [9.17, 15) is 4.79 Å².